The fourth-order valence-electron chi connectivity index (χ4n) is 3.36. The van der Waals surface area contributed by atoms with Gasteiger partial charge in [-0.2, -0.15) is 4.98 Å². The third-order valence-electron chi connectivity index (χ3n) is 4.64. The molecule has 7 nitrogen and oxygen atoms in total. The zero-order chi connectivity index (χ0) is 20.4. The van der Waals surface area contributed by atoms with Crippen LogP contribution in [0.1, 0.15) is 20.3 Å². The number of aromatic nitrogens is 3. The number of fused-ring (bicyclic) bond motifs is 1. The van der Waals surface area contributed by atoms with Crippen LogP contribution in [0.5, 0.6) is 11.5 Å². The van der Waals surface area contributed by atoms with E-state index in [1.807, 2.05) is 50.2 Å². The molecule has 148 valence electrons. The standard InChI is InChI=1S/C22H21N3O4/c1-3-12-25-17-11-6-5-10-16(17)19(26)18(22(25)27)21-23-20(24-29-21)14-8-7-9-15(13-14)28-4-2/h5-11,13,26H,3-4,12H2,1-2H3. The monoisotopic (exact) mass is 391 g/mol. The van der Waals surface area contributed by atoms with Crippen molar-refractivity contribution >= 4 is 10.9 Å². The maximum atomic E-state index is 13.1. The molecule has 0 saturated heterocycles. The number of para-hydroxylation sites is 1. The molecule has 0 amide bonds. The van der Waals surface area contributed by atoms with E-state index in [0.717, 1.165) is 6.42 Å². The summed E-state index contributed by atoms with van der Waals surface area (Å²) in [7, 11) is 0. The number of ether oxygens (including phenoxy) is 1. The summed E-state index contributed by atoms with van der Waals surface area (Å²) in [5, 5.41) is 15.4. The molecule has 0 radical (unpaired) electrons. The zero-order valence-corrected chi connectivity index (χ0v) is 16.3. The minimum atomic E-state index is -0.360. The van der Waals surface area contributed by atoms with E-state index < -0.39 is 0 Å². The fraction of sp³-hybridized carbons (Fsp3) is 0.227. The molecule has 0 aliphatic carbocycles. The maximum Gasteiger partial charge on any atom is 0.267 e. The van der Waals surface area contributed by atoms with Crippen LogP contribution in [0, 0.1) is 0 Å². The lowest BCUT2D eigenvalue weighted by Crippen LogP contribution is -2.22. The van der Waals surface area contributed by atoms with E-state index in [-0.39, 0.29) is 22.8 Å². The summed E-state index contributed by atoms with van der Waals surface area (Å²) < 4.78 is 12.5. The summed E-state index contributed by atoms with van der Waals surface area (Å²) in [6.45, 7) is 4.96. The van der Waals surface area contributed by atoms with Crippen molar-refractivity contribution in [2.75, 3.05) is 6.61 Å². The zero-order valence-electron chi connectivity index (χ0n) is 16.3. The number of nitrogens with zero attached hydrogens (tertiary/aromatic N) is 3. The number of rotatable bonds is 6. The van der Waals surface area contributed by atoms with Gasteiger partial charge in [-0.25, -0.2) is 0 Å². The molecule has 0 spiro atoms. The van der Waals surface area contributed by atoms with Crippen LogP contribution in [0.2, 0.25) is 0 Å². The van der Waals surface area contributed by atoms with Gasteiger partial charge in [-0.05, 0) is 37.6 Å². The second kappa shape index (κ2) is 7.79. The van der Waals surface area contributed by atoms with Gasteiger partial charge in [0.15, 0.2) is 0 Å². The summed E-state index contributed by atoms with van der Waals surface area (Å²) in [5.41, 5.74) is 1.02. The second-order valence-electron chi connectivity index (χ2n) is 6.58. The minimum absolute atomic E-state index is 0.0110. The van der Waals surface area contributed by atoms with E-state index in [4.69, 9.17) is 9.26 Å². The molecule has 0 saturated carbocycles. The largest absolute Gasteiger partial charge is 0.506 e. The van der Waals surface area contributed by atoms with Gasteiger partial charge in [-0.3, -0.25) is 4.79 Å². The SMILES string of the molecule is CCCn1c(=O)c(-c2nc(-c3cccc(OCC)c3)no2)c(O)c2ccccc21. The van der Waals surface area contributed by atoms with Gasteiger partial charge < -0.3 is 18.9 Å². The van der Waals surface area contributed by atoms with Crippen molar-refractivity contribution in [3.05, 3.63) is 58.9 Å². The van der Waals surface area contributed by atoms with Crippen LogP contribution in [0.3, 0.4) is 0 Å². The first-order valence-electron chi connectivity index (χ1n) is 9.55. The first-order chi connectivity index (χ1) is 14.1. The average molecular weight is 391 g/mol. The highest BCUT2D eigenvalue weighted by Crippen LogP contribution is 2.33. The Morgan fingerprint density at radius 3 is 2.76 bits per heavy atom. The molecule has 1 N–H and O–H groups in total. The molecular weight excluding hydrogens is 370 g/mol. The van der Waals surface area contributed by atoms with Crippen molar-refractivity contribution in [1.29, 1.82) is 0 Å². The van der Waals surface area contributed by atoms with E-state index >= 15 is 0 Å². The Hall–Kier alpha value is -3.61. The van der Waals surface area contributed by atoms with Crippen molar-refractivity contribution in [3.8, 4) is 34.3 Å². The second-order valence-corrected chi connectivity index (χ2v) is 6.58. The van der Waals surface area contributed by atoms with Crippen LogP contribution in [0.25, 0.3) is 33.7 Å². The molecule has 0 aliphatic heterocycles. The summed E-state index contributed by atoms with van der Waals surface area (Å²) in [6.07, 6.45) is 0.771. The quantitative estimate of drug-likeness (QED) is 0.529. The molecule has 4 aromatic rings. The Bertz CT molecular complexity index is 1230. The lowest BCUT2D eigenvalue weighted by molar-refractivity contribution is 0.340. The van der Waals surface area contributed by atoms with Gasteiger partial charge in [-0.1, -0.05) is 36.3 Å². The molecule has 4 rings (SSSR count). The van der Waals surface area contributed by atoms with Gasteiger partial charge in [-0.15, -0.1) is 0 Å². The normalized spacial score (nSPS) is 11.1. The molecule has 7 heteroatoms. The van der Waals surface area contributed by atoms with Crippen molar-refractivity contribution in [1.82, 2.24) is 14.7 Å². The van der Waals surface area contributed by atoms with Gasteiger partial charge >= 0.3 is 0 Å². The number of hydrogen-bond acceptors (Lipinski definition) is 6. The highest BCUT2D eigenvalue weighted by Gasteiger charge is 2.23. The first kappa shape index (κ1) is 18.7. The lowest BCUT2D eigenvalue weighted by atomic mass is 10.1. The van der Waals surface area contributed by atoms with Crippen molar-refractivity contribution in [2.45, 2.75) is 26.8 Å². The van der Waals surface area contributed by atoms with Crippen LogP contribution in [-0.2, 0) is 6.54 Å². The molecule has 0 aliphatic rings. The van der Waals surface area contributed by atoms with Crippen LogP contribution < -0.4 is 10.3 Å². The van der Waals surface area contributed by atoms with E-state index in [0.29, 0.717) is 41.2 Å². The molecule has 0 fully saturated rings. The van der Waals surface area contributed by atoms with Gasteiger partial charge in [0.05, 0.1) is 12.1 Å². The van der Waals surface area contributed by atoms with E-state index in [1.165, 1.54) is 0 Å². The predicted octanol–water partition coefficient (Wildman–Crippen LogP) is 4.23. The smallest absolute Gasteiger partial charge is 0.267 e. The number of aryl methyl sites for hydroxylation is 1. The van der Waals surface area contributed by atoms with Gasteiger partial charge in [0.1, 0.15) is 17.1 Å². The fourth-order valence-corrected chi connectivity index (χ4v) is 3.36. The minimum Gasteiger partial charge on any atom is -0.506 e. The summed E-state index contributed by atoms with van der Waals surface area (Å²) in [4.78, 5) is 17.5. The summed E-state index contributed by atoms with van der Waals surface area (Å²) >= 11 is 0. The van der Waals surface area contributed by atoms with Crippen LogP contribution in [0.15, 0.2) is 57.8 Å². The van der Waals surface area contributed by atoms with Crippen molar-refractivity contribution in [3.63, 3.8) is 0 Å². The molecule has 0 atom stereocenters. The average Bonchev–Trinajstić information content (AvgIpc) is 3.21. The van der Waals surface area contributed by atoms with Crippen LogP contribution >= 0.6 is 0 Å². The Balaban J connectivity index is 1.86. The van der Waals surface area contributed by atoms with Crippen LogP contribution in [0.4, 0.5) is 0 Å². The first-order valence-corrected chi connectivity index (χ1v) is 9.55. The van der Waals surface area contributed by atoms with E-state index in [2.05, 4.69) is 10.1 Å². The number of pyridine rings is 1. The Morgan fingerprint density at radius 2 is 1.97 bits per heavy atom. The maximum absolute atomic E-state index is 13.1. The molecule has 29 heavy (non-hydrogen) atoms. The highest BCUT2D eigenvalue weighted by atomic mass is 16.5. The number of benzene rings is 2. The van der Waals surface area contributed by atoms with E-state index in [1.54, 1.807) is 16.7 Å². The van der Waals surface area contributed by atoms with Crippen molar-refractivity contribution in [2.24, 2.45) is 0 Å². The molecule has 0 unspecified atom stereocenters. The molecule has 2 aromatic heterocycles. The van der Waals surface area contributed by atoms with Gasteiger partial charge in [0.25, 0.3) is 11.4 Å². The summed E-state index contributed by atoms with van der Waals surface area (Å²) in [6, 6.07) is 14.5. The van der Waals surface area contributed by atoms with E-state index in [9.17, 15) is 9.90 Å². The molecule has 0 bridgehead atoms. The molecule has 2 aromatic carbocycles. The van der Waals surface area contributed by atoms with Crippen molar-refractivity contribution < 1.29 is 14.4 Å². The molecule has 2 heterocycles. The Morgan fingerprint density at radius 1 is 1.14 bits per heavy atom. The van der Waals surface area contributed by atoms with Gasteiger partial charge in [0, 0.05) is 17.5 Å². The third-order valence-corrected chi connectivity index (χ3v) is 4.64. The Kier molecular flexibility index (Phi) is 5.03. The highest BCUT2D eigenvalue weighted by molar-refractivity contribution is 5.91. The Labute approximate surface area is 167 Å². The summed E-state index contributed by atoms with van der Waals surface area (Å²) in [5.74, 6) is 0.835. The topological polar surface area (TPSA) is 90.4 Å². The van der Waals surface area contributed by atoms with Gasteiger partial charge in [0.2, 0.25) is 5.82 Å². The lowest BCUT2D eigenvalue weighted by Gasteiger charge is -2.12. The molecular formula is C22H21N3O4. The number of aromatic hydroxyl groups is 1. The third kappa shape index (κ3) is 3.35. The van der Waals surface area contributed by atoms with Crippen LogP contribution in [-0.4, -0.2) is 26.4 Å². The number of hydrogen-bond donors (Lipinski definition) is 1. The predicted molar refractivity (Wildman–Crippen MR) is 110 cm³/mol.